The van der Waals surface area contributed by atoms with Gasteiger partial charge in [0.15, 0.2) is 17.3 Å². The molecule has 0 aliphatic carbocycles. The number of ether oxygens (including phenoxy) is 2. The van der Waals surface area contributed by atoms with Crippen molar-refractivity contribution in [1.29, 1.82) is 0 Å². The molecule has 1 rings (SSSR count). The summed E-state index contributed by atoms with van der Waals surface area (Å²) in [4.78, 5) is 0. The minimum Gasteiger partial charge on any atom is -0.504 e. The van der Waals surface area contributed by atoms with E-state index in [4.69, 9.17) is 9.47 Å². The Bertz CT molecular complexity index is 358. The van der Waals surface area contributed by atoms with Gasteiger partial charge in [-0.25, -0.2) is 0 Å². The van der Waals surface area contributed by atoms with Crippen molar-refractivity contribution in [2.45, 2.75) is 32.0 Å². The number of benzene rings is 1. The molecule has 0 aromatic heterocycles. The van der Waals surface area contributed by atoms with Crippen molar-refractivity contribution in [1.82, 2.24) is 0 Å². The predicted octanol–water partition coefficient (Wildman–Crippen LogP) is 2.73. The van der Waals surface area contributed by atoms with Crippen molar-refractivity contribution in [3.8, 4) is 11.5 Å². The number of aromatic hydroxyl groups is 2. The van der Waals surface area contributed by atoms with Crippen LogP contribution in [0.4, 0.5) is 0 Å². The van der Waals surface area contributed by atoms with E-state index in [1.165, 1.54) is 20.3 Å². The zero-order valence-electron chi connectivity index (χ0n) is 10.6. The Hall–Kier alpha value is -1.26. The predicted molar refractivity (Wildman–Crippen MR) is 65.0 cm³/mol. The van der Waals surface area contributed by atoms with Crippen molar-refractivity contribution in [2.24, 2.45) is 0 Å². The summed E-state index contributed by atoms with van der Waals surface area (Å²) in [6.07, 6.45) is 2.51. The Morgan fingerprint density at radius 3 is 2.35 bits per heavy atom. The number of phenols is 2. The molecule has 4 nitrogen and oxygen atoms in total. The van der Waals surface area contributed by atoms with Crippen LogP contribution >= 0.6 is 0 Å². The highest BCUT2D eigenvalue weighted by atomic mass is 16.7. The first kappa shape index (κ1) is 13.8. The van der Waals surface area contributed by atoms with Gasteiger partial charge in [-0.1, -0.05) is 19.4 Å². The van der Waals surface area contributed by atoms with Crippen molar-refractivity contribution >= 4 is 0 Å². The summed E-state index contributed by atoms with van der Waals surface area (Å²) < 4.78 is 10.8. The molecule has 0 unspecified atom stereocenters. The van der Waals surface area contributed by atoms with Crippen LogP contribution in [0.5, 0.6) is 11.5 Å². The molecule has 0 fully saturated rings. The Morgan fingerprint density at radius 1 is 1.18 bits per heavy atom. The van der Waals surface area contributed by atoms with E-state index in [0.717, 1.165) is 12.8 Å². The highest BCUT2D eigenvalue weighted by Crippen LogP contribution is 2.40. The van der Waals surface area contributed by atoms with Crippen LogP contribution in [0.15, 0.2) is 18.2 Å². The van der Waals surface area contributed by atoms with Crippen LogP contribution in [0, 0.1) is 0 Å². The maximum atomic E-state index is 9.88. The lowest BCUT2D eigenvalue weighted by Gasteiger charge is -2.32. The second-order valence-electron chi connectivity index (χ2n) is 3.94. The van der Waals surface area contributed by atoms with Crippen molar-refractivity contribution in [2.75, 3.05) is 14.2 Å². The van der Waals surface area contributed by atoms with Gasteiger partial charge in [0.25, 0.3) is 0 Å². The fourth-order valence-electron chi connectivity index (χ4n) is 1.89. The van der Waals surface area contributed by atoms with Gasteiger partial charge in [-0.15, -0.1) is 0 Å². The standard InChI is InChI=1S/C13H20O4/c1-4-5-9-13(16-2,17-3)10-7-6-8-11(14)12(10)15/h6-8,14-15H,4-5,9H2,1-3H3. The van der Waals surface area contributed by atoms with Gasteiger partial charge in [-0.05, 0) is 18.6 Å². The third kappa shape index (κ3) is 2.70. The van der Waals surface area contributed by atoms with Gasteiger partial charge in [0.1, 0.15) is 0 Å². The zero-order valence-corrected chi connectivity index (χ0v) is 10.6. The van der Waals surface area contributed by atoms with Crippen LogP contribution < -0.4 is 0 Å². The molecular weight excluding hydrogens is 220 g/mol. The SMILES string of the molecule is CCCCC(OC)(OC)c1cccc(O)c1O. The molecule has 96 valence electrons. The van der Waals surface area contributed by atoms with Gasteiger partial charge in [0, 0.05) is 20.6 Å². The van der Waals surface area contributed by atoms with Crippen LogP contribution in [0.2, 0.25) is 0 Å². The molecule has 0 bridgehead atoms. The van der Waals surface area contributed by atoms with Gasteiger partial charge in [-0.2, -0.15) is 0 Å². The quantitative estimate of drug-likeness (QED) is 0.593. The highest BCUT2D eigenvalue weighted by Gasteiger charge is 2.34. The molecule has 0 saturated carbocycles. The first-order valence-electron chi connectivity index (χ1n) is 5.73. The molecule has 4 heteroatoms. The maximum Gasteiger partial charge on any atom is 0.197 e. The van der Waals surface area contributed by atoms with E-state index in [2.05, 4.69) is 6.92 Å². The van der Waals surface area contributed by atoms with Crippen molar-refractivity contribution in [3.05, 3.63) is 23.8 Å². The normalized spacial score (nSPS) is 11.7. The average molecular weight is 240 g/mol. The molecule has 0 heterocycles. The first-order chi connectivity index (χ1) is 8.11. The molecule has 0 atom stereocenters. The lowest BCUT2D eigenvalue weighted by molar-refractivity contribution is -0.221. The molecule has 0 amide bonds. The Labute approximate surface area is 102 Å². The topological polar surface area (TPSA) is 58.9 Å². The summed E-state index contributed by atoms with van der Waals surface area (Å²) in [6.45, 7) is 2.07. The fraction of sp³-hybridized carbons (Fsp3) is 0.538. The number of methoxy groups -OCH3 is 2. The van der Waals surface area contributed by atoms with E-state index >= 15 is 0 Å². The van der Waals surface area contributed by atoms with Gasteiger partial charge in [0.2, 0.25) is 0 Å². The minimum atomic E-state index is -1.00. The number of rotatable bonds is 6. The van der Waals surface area contributed by atoms with Crippen LogP contribution in [-0.4, -0.2) is 24.4 Å². The van der Waals surface area contributed by atoms with Gasteiger partial charge >= 0.3 is 0 Å². The summed E-state index contributed by atoms with van der Waals surface area (Å²) in [7, 11) is 3.06. The van der Waals surface area contributed by atoms with Crippen LogP contribution in [0.3, 0.4) is 0 Å². The van der Waals surface area contributed by atoms with Crippen LogP contribution in [0.25, 0.3) is 0 Å². The average Bonchev–Trinajstić information content (AvgIpc) is 2.36. The van der Waals surface area contributed by atoms with Crippen molar-refractivity contribution < 1.29 is 19.7 Å². The third-order valence-electron chi connectivity index (χ3n) is 2.94. The summed E-state index contributed by atoms with van der Waals surface area (Å²) >= 11 is 0. The van der Waals surface area contributed by atoms with E-state index in [-0.39, 0.29) is 11.5 Å². The number of hydrogen-bond donors (Lipinski definition) is 2. The lowest BCUT2D eigenvalue weighted by atomic mass is 9.98. The number of phenolic OH excluding ortho intramolecular Hbond substituents is 2. The molecule has 1 aromatic rings. The zero-order chi connectivity index (χ0) is 12.9. The van der Waals surface area contributed by atoms with E-state index in [1.54, 1.807) is 12.1 Å². The monoisotopic (exact) mass is 240 g/mol. The Morgan fingerprint density at radius 2 is 1.82 bits per heavy atom. The second-order valence-corrected chi connectivity index (χ2v) is 3.94. The van der Waals surface area contributed by atoms with Crippen LogP contribution in [-0.2, 0) is 15.3 Å². The summed E-state index contributed by atoms with van der Waals surface area (Å²) in [5, 5.41) is 19.4. The summed E-state index contributed by atoms with van der Waals surface area (Å²) in [5.41, 5.74) is 0.455. The molecule has 17 heavy (non-hydrogen) atoms. The summed E-state index contributed by atoms with van der Waals surface area (Å²) in [5.74, 6) is -1.36. The molecule has 0 aliphatic rings. The van der Waals surface area contributed by atoms with Gasteiger partial charge in [-0.3, -0.25) is 0 Å². The fourth-order valence-corrected chi connectivity index (χ4v) is 1.89. The molecule has 0 saturated heterocycles. The maximum absolute atomic E-state index is 9.88. The van der Waals surface area contributed by atoms with E-state index < -0.39 is 5.79 Å². The first-order valence-corrected chi connectivity index (χ1v) is 5.73. The number of para-hydroxylation sites is 1. The lowest BCUT2D eigenvalue weighted by Crippen LogP contribution is -2.30. The molecule has 0 radical (unpaired) electrons. The molecular formula is C13H20O4. The number of hydrogen-bond acceptors (Lipinski definition) is 4. The third-order valence-corrected chi connectivity index (χ3v) is 2.94. The minimum absolute atomic E-state index is 0.169. The van der Waals surface area contributed by atoms with E-state index in [9.17, 15) is 10.2 Å². The van der Waals surface area contributed by atoms with E-state index in [0.29, 0.717) is 12.0 Å². The number of unbranched alkanes of at least 4 members (excludes halogenated alkanes) is 1. The van der Waals surface area contributed by atoms with Crippen molar-refractivity contribution in [3.63, 3.8) is 0 Å². The molecule has 0 spiro atoms. The van der Waals surface area contributed by atoms with Crippen LogP contribution in [0.1, 0.15) is 31.7 Å². The van der Waals surface area contributed by atoms with Gasteiger partial charge in [0.05, 0.1) is 5.56 Å². The highest BCUT2D eigenvalue weighted by molar-refractivity contribution is 5.46. The second kappa shape index (κ2) is 5.89. The van der Waals surface area contributed by atoms with Gasteiger partial charge < -0.3 is 19.7 Å². The molecule has 2 N–H and O–H groups in total. The van der Waals surface area contributed by atoms with E-state index in [1.807, 2.05) is 0 Å². The molecule has 1 aromatic carbocycles. The largest absolute Gasteiger partial charge is 0.504 e. The summed E-state index contributed by atoms with van der Waals surface area (Å²) in [6, 6.07) is 4.77. The molecule has 0 aliphatic heterocycles. The Kier molecular flexibility index (Phi) is 4.78. The smallest absolute Gasteiger partial charge is 0.197 e. The Balaban J connectivity index is 3.16.